The van der Waals surface area contributed by atoms with Crippen LogP contribution in [0.15, 0.2) is 6.07 Å². The molecule has 0 spiro atoms. The number of aliphatic hydroxyl groups excluding tert-OH is 1. The van der Waals surface area contributed by atoms with Crippen molar-refractivity contribution < 1.29 is 24.1 Å². The fraction of sp³-hybridized carbons (Fsp3) is 0.500. The van der Waals surface area contributed by atoms with Crippen molar-refractivity contribution in [1.82, 2.24) is 0 Å². The number of benzene rings is 1. The Morgan fingerprint density at radius 3 is 2.53 bits per heavy atom. The predicted molar refractivity (Wildman–Crippen MR) is 68.7 cm³/mol. The lowest BCUT2D eigenvalue weighted by Crippen LogP contribution is -2.18. The van der Waals surface area contributed by atoms with Crippen LogP contribution in [0.1, 0.15) is 40.9 Å². The Morgan fingerprint density at radius 2 is 2.00 bits per heavy atom. The lowest BCUT2D eigenvalue weighted by Gasteiger charge is -2.19. The molecular weight excluding hydrogens is 248 g/mol. The van der Waals surface area contributed by atoms with Crippen LogP contribution in [-0.4, -0.2) is 31.4 Å². The van der Waals surface area contributed by atoms with Crippen LogP contribution < -0.4 is 9.47 Å². The molecule has 0 amide bonds. The van der Waals surface area contributed by atoms with Gasteiger partial charge in [-0.3, -0.25) is 0 Å². The van der Waals surface area contributed by atoms with E-state index in [2.05, 4.69) is 0 Å². The first-order valence-electron chi connectivity index (χ1n) is 6.19. The molecular formula is C14H18O5. The molecule has 2 atom stereocenters. The number of hydrogen-bond acceptors (Lipinski definition) is 5. The molecule has 2 rings (SSSR count). The molecule has 5 nitrogen and oxygen atoms in total. The van der Waals surface area contributed by atoms with Crippen molar-refractivity contribution in [3.8, 4) is 11.5 Å². The van der Waals surface area contributed by atoms with Crippen LogP contribution in [0.25, 0.3) is 0 Å². The lowest BCUT2D eigenvalue weighted by molar-refractivity contribution is -0.0105. The average Bonchev–Trinajstić information content (AvgIpc) is 2.77. The Balaban J connectivity index is 2.66. The van der Waals surface area contributed by atoms with Crippen molar-refractivity contribution in [1.29, 1.82) is 0 Å². The number of carbonyl (C=O) groups is 1. The van der Waals surface area contributed by atoms with Crippen LogP contribution in [0.2, 0.25) is 0 Å². The van der Waals surface area contributed by atoms with Gasteiger partial charge in [0.2, 0.25) is 0 Å². The Labute approximate surface area is 112 Å². The third-order valence-electron chi connectivity index (χ3n) is 3.48. The van der Waals surface area contributed by atoms with Gasteiger partial charge in [-0.05, 0) is 18.9 Å². The summed E-state index contributed by atoms with van der Waals surface area (Å²) in [6, 6.07) is 1.66. The van der Waals surface area contributed by atoms with Gasteiger partial charge in [-0.25, -0.2) is 4.79 Å². The number of rotatable bonds is 4. The van der Waals surface area contributed by atoms with Gasteiger partial charge in [0, 0.05) is 11.6 Å². The van der Waals surface area contributed by atoms with E-state index in [1.54, 1.807) is 13.2 Å². The van der Waals surface area contributed by atoms with E-state index in [9.17, 15) is 9.90 Å². The lowest BCUT2D eigenvalue weighted by atomic mass is 9.94. The third-order valence-corrected chi connectivity index (χ3v) is 3.48. The van der Waals surface area contributed by atoms with Crippen molar-refractivity contribution in [2.45, 2.75) is 32.5 Å². The van der Waals surface area contributed by atoms with E-state index in [4.69, 9.17) is 14.2 Å². The molecule has 0 aliphatic carbocycles. The van der Waals surface area contributed by atoms with Gasteiger partial charge in [0.25, 0.3) is 0 Å². The van der Waals surface area contributed by atoms with Crippen molar-refractivity contribution in [3.63, 3.8) is 0 Å². The summed E-state index contributed by atoms with van der Waals surface area (Å²) >= 11 is 0. The SMILES string of the molecule is CC[C@H](O)[C@H]1OC(=O)c2c(OC)cc(OC)c(C)c21. The molecule has 0 saturated carbocycles. The first-order chi connectivity index (χ1) is 9.04. The molecule has 1 aromatic carbocycles. The van der Waals surface area contributed by atoms with Gasteiger partial charge in [0.05, 0.1) is 20.3 Å². The van der Waals surface area contributed by atoms with E-state index in [0.29, 0.717) is 29.0 Å². The Kier molecular flexibility index (Phi) is 3.66. The average molecular weight is 266 g/mol. The van der Waals surface area contributed by atoms with Gasteiger partial charge in [0.15, 0.2) is 6.10 Å². The van der Waals surface area contributed by atoms with Crippen molar-refractivity contribution >= 4 is 5.97 Å². The van der Waals surface area contributed by atoms with Crippen LogP contribution in [0.3, 0.4) is 0 Å². The summed E-state index contributed by atoms with van der Waals surface area (Å²) in [7, 11) is 3.04. The first kappa shape index (κ1) is 13.7. The highest BCUT2D eigenvalue weighted by molar-refractivity contribution is 5.98. The molecule has 0 fully saturated rings. The van der Waals surface area contributed by atoms with Crippen LogP contribution in [-0.2, 0) is 4.74 Å². The Bertz CT molecular complexity index is 509. The summed E-state index contributed by atoms with van der Waals surface area (Å²) in [5.74, 6) is 0.561. The van der Waals surface area contributed by atoms with E-state index in [1.165, 1.54) is 7.11 Å². The molecule has 0 saturated heterocycles. The van der Waals surface area contributed by atoms with Gasteiger partial charge < -0.3 is 19.3 Å². The second-order valence-electron chi connectivity index (χ2n) is 4.50. The number of methoxy groups -OCH3 is 2. The molecule has 1 aliphatic heterocycles. The second-order valence-corrected chi connectivity index (χ2v) is 4.50. The summed E-state index contributed by atoms with van der Waals surface area (Å²) in [6.07, 6.45) is -0.895. The number of ether oxygens (including phenoxy) is 3. The largest absolute Gasteiger partial charge is 0.496 e. The van der Waals surface area contributed by atoms with Gasteiger partial charge in [0.1, 0.15) is 17.1 Å². The van der Waals surface area contributed by atoms with E-state index in [1.807, 2.05) is 13.8 Å². The summed E-state index contributed by atoms with van der Waals surface area (Å²) in [5, 5.41) is 10.0. The number of fused-ring (bicyclic) bond motifs is 1. The number of carbonyl (C=O) groups excluding carboxylic acids is 1. The van der Waals surface area contributed by atoms with Crippen molar-refractivity contribution in [2.75, 3.05) is 14.2 Å². The van der Waals surface area contributed by atoms with Crippen LogP contribution >= 0.6 is 0 Å². The van der Waals surface area contributed by atoms with Gasteiger partial charge in [-0.2, -0.15) is 0 Å². The van der Waals surface area contributed by atoms with Gasteiger partial charge >= 0.3 is 5.97 Å². The standard InChI is InChI=1S/C14H18O5/c1-5-8(15)13-11-7(2)9(17-3)6-10(18-4)12(11)14(16)19-13/h6,8,13,15H,5H2,1-4H3/t8-,13+/m0/s1. The van der Waals surface area contributed by atoms with Gasteiger partial charge in [-0.15, -0.1) is 0 Å². The number of hydrogen-bond donors (Lipinski definition) is 1. The predicted octanol–water partition coefficient (Wildman–Crippen LogP) is 1.99. The number of aliphatic hydroxyl groups is 1. The summed E-state index contributed by atoms with van der Waals surface area (Å²) in [4.78, 5) is 12.0. The number of esters is 1. The first-order valence-corrected chi connectivity index (χ1v) is 6.19. The molecule has 1 heterocycles. The zero-order chi connectivity index (χ0) is 14.2. The fourth-order valence-corrected chi connectivity index (χ4v) is 2.41. The zero-order valence-corrected chi connectivity index (χ0v) is 11.5. The Hall–Kier alpha value is -1.75. The molecule has 0 aromatic heterocycles. The minimum Gasteiger partial charge on any atom is -0.496 e. The molecule has 0 radical (unpaired) electrons. The fourth-order valence-electron chi connectivity index (χ4n) is 2.41. The van der Waals surface area contributed by atoms with E-state index in [-0.39, 0.29) is 0 Å². The minimum absolute atomic E-state index is 0.387. The summed E-state index contributed by atoms with van der Waals surface area (Å²) in [6.45, 7) is 3.68. The monoisotopic (exact) mass is 266 g/mol. The van der Waals surface area contributed by atoms with E-state index in [0.717, 1.165) is 5.56 Å². The highest BCUT2D eigenvalue weighted by Gasteiger charge is 2.40. The smallest absolute Gasteiger partial charge is 0.343 e. The normalized spacial score (nSPS) is 18.8. The molecule has 0 unspecified atom stereocenters. The molecule has 1 aromatic rings. The van der Waals surface area contributed by atoms with Crippen LogP contribution in [0.5, 0.6) is 11.5 Å². The minimum atomic E-state index is -0.735. The molecule has 1 aliphatic rings. The Morgan fingerprint density at radius 1 is 1.37 bits per heavy atom. The maximum atomic E-state index is 12.0. The maximum Gasteiger partial charge on any atom is 0.343 e. The zero-order valence-electron chi connectivity index (χ0n) is 11.5. The molecule has 0 bridgehead atoms. The van der Waals surface area contributed by atoms with Crippen molar-refractivity contribution in [2.24, 2.45) is 0 Å². The highest BCUT2D eigenvalue weighted by Crippen LogP contribution is 2.44. The molecule has 1 N–H and O–H groups in total. The number of cyclic esters (lactones) is 1. The second kappa shape index (κ2) is 5.09. The summed E-state index contributed by atoms with van der Waals surface area (Å²) in [5.41, 5.74) is 1.84. The topological polar surface area (TPSA) is 65.0 Å². The maximum absolute atomic E-state index is 12.0. The van der Waals surface area contributed by atoms with E-state index >= 15 is 0 Å². The van der Waals surface area contributed by atoms with Crippen LogP contribution in [0.4, 0.5) is 0 Å². The quantitative estimate of drug-likeness (QED) is 0.844. The van der Waals surface area contributed by atoms with Crippen LogP contribution in [0, 0.1) is 6.92 Å². The third kappa shape index (κ3) is 2.04. The van der Waals surface area contributed by atoms with Gasteiger partial charge in [-0.1, -0.05) is 6.92 Å². The highest BCUT2D eigenvalue weighted by atomic mass is 16.6. The molecule has 104 valence electrons. The molecule has 19 heavy (non-hydrogen) atoms. The molecule has 5 heteroatoms. The van der Waals surface area contributed by atoms with Crippen molar-refractivity contribution in [3.05, 3.63) is 22.8 Å². The summed E-state index contributed by atoms with van der Waals surface area (Å²) < 4.78 is 15.8. The van der Waals surface area contributed by atoms with E-state index < -0.39 is 18.2 Å².